The maximum Gasteiger partial charge on any atom is 0.242 e. The lowest BCUT2D eigenvalue weighted by atomic mass is 10.2. The maximum atomic E-state index is 12.1. The number of fused-ring (bicyclic) bond motifs is 1. The van der Waals surface area contributed by atoms with Gasteiger partial charge in [0, 0.05) is 24.9 Å². The molecule has 1 aliphatic rings. The predicted molar refractivity (Wildman–Crippen MR) is 78.5 cm³/mol. The molecule has 0 spiro atoms. The van der Waals surface area contributed by atoms with Gasteiger partial charge in [-0.25, -0.2) is 0 Å². The molecule has 0 bridgehead atoms. The Morgan fingerprint density at radius 2 is 2.10 bits per heavy atom. The lowest BCUT2D eigenvalue weighted by molar-refractivity contribution is -0.130. The van der Waals surface area contributed by atoms with Crippen LogP contribution in [-0.2, 0) is 22.7 Å². The maximum absolute atomic E-state index is 12.1. The Balaban J connectivity index is 1.90. The average Bonchev–Trinajstić information content (AvgIpc) is 2.78. The number of nitrogens with zero attached hydrogens (tertiary/aromatic N) is 3. The Morgan fingerprint density at radius 3 is 2.90 bits per heavy atom. The number of para-hydroxylation sites is 1. The van der Waals surface area contributed by atoms with Crippen molar-refractivity contribution in [2.45, 2.75) is 26.4 Å². The van der Waals surface area contributed by atoms with Crippen LogP contribution in [-0.4, -0.2) is 39.6 Å². The van der Waals surface area contributed by atoms with E-state index in [2.05, 4.69) is 10.4 Å². The van der Waals surface area contributed by atoms with Crippen molar-refractivity contribution in [2.24, 2.45) is 0 Å². The van der Waals surface area contributed by atoms with E-state index in [1.165, 1.54) is 0 Å². The van der Waals surface area contributed by atoms with Crippen LogP contribution in [0.3, 0.4) is 0 Å². The summed E-state index contributed by atoms with van der Waals surface area (Å²) in [6.45, 7) is 3.79. The van der Waals surface area contributed by atoms with Crippen LogP contribution in [0.4, 0.5) is 0 Å². The molecule has 2 heterocycles. The summed E-state index contributed by atoms with van der Waals surface area (Å²) in [4.78, 5) is 25.1. The van der Waals surface area contributed by atoms with Gasteiger partial charge in [-0.15, -0.1) is 0 Å². The van der Waals surface area contributed by atoms with E-state index in [1.807, 2.05) is 35.9 Å². The van der Waals surface area contributed by atoms with Crippen LogP contribution in [0.5, 0.6) is 0 Å². The summed E-state index contributed by atoms with van der Waals surface area (Å²) in [6.07, 6.45) is 0.345. The van der Waals surface area contributed by atoms with Gasteiger partial charge in [-0.3, -0.25) is 14.3 Å². The zero-order valence-electron chi connectivity index (χ0n) is 12.0. The summed E-state index contributed by atoms with van der Waals surface area (Å²) in [6, 6.07) is 8.02. The predicted octanol–water partition coefficient (Wildman–Crippen LogP) is 0.905. The van der Waals surface area contributed by atoms with Gasteiger partial charge in [-0.05, 0) is 13.0 Å². The minimum absolute atomic E-state index is 0.0593. The highest BCUT2D eigenvalue weighted by atomic mass is 16.2. The molecule has 2 amide bonds. The van der Waals surface area contributed by atoms with Gasteiger partial charge in [0.15, 0.2) is 0 Å². The number of amides is 2. The summed E-state index contributed by atoms with van der Waals surface area (Å²) in [7, 11) is 0. The first-order chi connectivity index (χ1) is 10.2. The number of hydrogen-bond donors (Lipinski definition) is 1. The van der Waals surface area contributed by atoms with E-state index in [9.17, 15) is 9.59 Å². The van der Waals surface area contributed by atoms with E-state index in [0.29, 0.717) is 19.5 Å². The number of aryl methyl sites for hydroxylation is 1. The van der Waals surface area contributed by atoms with Gasteiger partial charge < -0.3 is 10.2 Å². The lowest BCUT2D eigenvalue weighted by Crippen LogP contribution is -2.34. The van der Waals surface area contributed by atoms with E-state index in [4.69, 9.17) is 0 Å². The first-order valence-electron chi connectivity index (χ1n) is 7.18. The van der Waals surface area contributed by atoms with Gasteiger partial charge in [0.25, 0.3) is 0 Å². The van der Waals surface area contributed by atoms with Gasteiger partial charge in [0.1, 0.15) is 0 Å². The standard InChI is InChI=1S/C15H18N4O2/c1-2-19-13-6-4-3-5-11(13)12(17-19)10-18-8-7-14(20)16-9-15(18)21/h3-6H,2,7-10H2,1H3,(H,16,20). The fourth-order valence-corrected chi connectivity index (χ4v) is 2.64. The SMILES string of the molecule is CCn1nc(CN2CCC(=O)NCC2=O)c2ccccc21. The highest BCUT2D eigenvalue weighted by Crippen LogP contribution is 2.20. The van der Waals surface area contributed by atoms with Crippen LogP contribution < -0.4 is 5.32 Å². The number of carbonyl (C=O) groups is 2. The molecule has 3 rings (SSSR count). The molecule has 1 saturated heterocycles. The highest BCUT2D eigenvalue weighted by Gasteiger charge is 2.22. The summed E-state index contributed by atoms with van der Waals surface area (Å²) in [5, 5.41) is 8.28. The van der Waals surface area contributed by atoms with Crippen LogP contribution in [0, 0.1) is 0 Å². The van der Waals surface area contributed by atoms with Crippen LogP contribution in [0.1, 0.15) is 19.0 Å². The molecule has 21 heavy (non-hydrogen) atoms. The first-order valence-corrected chi connectivity index (χ1v) is 7.18. The molecule has 0 saturated carbocycles. The molecular weight excluding hydrogens is 268 g/mol. The summed E-state index contributed by atoms with van der Waals surface area (Å²) in [5.74, 6) is -0.134. The molecule has 0 unspecified atom stereocenters. The fraction of sp³-hybridized carbons (Fsp3) is 0.400. The summed E-state index contributed by atoms with van der Waals surface area (Å²) < 4.78 is 1.94. The van der Waals surface area contributed by atoms with Gasteiger partial charge in [0.2, 0.25) is 11.8 Å². The van der Waals surface area contributed by atoms with Crippen molar-refractivity contribution >= 4 is 22.7 Å². The zero-order chi connectivity index (χ0) is 14.8. The minimum atomic E-state index is -0.0743. The Kier molecular flexibility index (Phi) is 3.60. The van der Waals surface area contributed by atoms with Crippen molar-refractivity contribution in [1.29, 1.82) is 0 Å². The van der Waals surface area contributed by atoms with Crippen molar-refractivity contribution in [1.82, 2.24) is 20.0 Å². The molecule has 0 aliphatic carbocycles. The number of aromatic nitrogens is 2. The van der Waals surface area contributed by atoms with Gasteiger partial charge >= 0.3 is 0 Å². The normalized spacial score (nSPS) is 16.1. The Morgan fingerprint density at radius 1 is 1.29 bits per heavy atom. The molecule has 2 aromatic rings. The Labute approximate surface area is 122 Å². The highest BCUT2D eigenvalue weighted by molar-refractivity contribution is 5.88. The van der Waals surface area contributed by atoms with Gasteiger partial charge in [0.05, 0.1) is 24.3 Å². The van der Waals surface area contributed by atoms with E-state index in [-0.39, 0.29) is 18.4 Å². The van der Waals surface area contributed by atoms with Crippen LogP contribution in [0.25, 0.3) is 10.9 Å². The quantitative estimate of drug-likeness (QED) is 0.911. The molecular formula is C15H18N4O2. The second kappa shape index (κ2) is 5.55. The topological polar surface area (TPSA) is 67.2 Å². The van der Waals surface area contributed by atoms with E-state index in [1.54, 1.807) is 4.90 Å². The van der Waals surface area contributed by atoms with E-state index in [0.717, 1.165) is 23.1 Å². The molecule has 6 heteroatoms. The Bertz CT molecular complexity index is 692. The van der Waals surface area contributed by atoms with Crippen molar-refractivity contribution in [3.63, 3.8) is 0 Å². The van der Waals surface area contributed by atoms with Crippen LogP contribution in [0.15, 0.2) is 24.3 Å². The average molecular weight is 286 g/mol. The second-order valence-electron chi connectivity index (χ2n) is 5.12. The van der Waals surface area contributed by atoms with Crippen LogP contribution in [0.2, 0.25) is 0 Å². The third-order valence-electron chi connectivity index (χ3n) is 3.77. The molecule has 0 atom stereocenters. The summed E-state index contributed by atoms with van der Waals surface area (Å²) in [5.41, 5.74) is 1.96. The smallest absolute Gasteiger partial charge is 0.242 e. The lowest BCUT2D eigenvalue weighted by Gasteiger charge is -2.18. The number of carbonyl (C=O) groups excluding carboxylic acids is 2. The zero-order valence-corrected chi connectivity index (χ0v) is 12.0. The van der Waals surface area contributed by atoms with Crippen LogP contribution >= 0.6 is 0 Å². The number of rotatable bonds is 3. The van der Waals surface area contributed by atoms with Gasteiger partial charge in [-0.1, -0.05) is 18.2 Å². The number of benzene rings is 1. The van der Waals surface area contributed by atoms with Gasteiger partial charge in [-0.2, -0.15) is 5.10 Å². The molecule has 1 N–H and O–H groups in total. The number of hydrogen-bond acceptors (Lipinski definition) is 3. The first kappa shape index (κ1) is 13.6. The number of nitrogens with one attached hydrogen (secondary N) is 1. The van der Waals surface area contributed by atoms with E-state index < -0.39 is 0 Å². The molecule has 0 radical (unpaired) electrons. The fourth-order valence-electron chi connectivity index (χ4n) is 2.64. The van der Waals surface area contributed by atoms with E-state index >= 15 is 0 Å². The monoisotopic (exact) mass is 286 g/mol. The second-order valence-corrected chi connectivity index (χ2v) is 5.12. The van der Waals surface area contributed by atoms with Crippen molar-refractivity contribution < 1.29 is 9.59 Å². The minimum Gasteiger partial charge on any atom is -0.347 e. The summed E-state index contributed by atoms with van der Waals surface area (Å²) >= 11 is 0. The molecule has 1 aromatic heterocycles. The largest absolute Gasteiger partial charge is 0.347 e. The molecule has 1 fully saturated rings. The third kappa shape index (κ3) is 2.61. The molecule has 1 aromatic carbocycles. The molecule has 6 nitrogen and oxygen atoms in total. The Hall–Kier alpha value is -2.37. The molecule has 1 aliphatic heterocycles. The van der Waals surface area contributed by atoms with Crippen molar-refractivity contribution in [3.8, 4) is 0 Å². The third-order valence-corrected chi connectivity index (χ3v) is 3.77. The van der Waals surface area contributed by atoms with Crippen molar-refractivity contribution in [2.75, 3.05) is 13.1 Å². The molecule has 110 valence electrons. The van der Waals surface area contributed by atoms with Crippen molar-refractivity contribution in [3.05, 3.63) is 30.0 Å².